The molecule has 0 saturated heterocycles. The molecule has 0 fully saturated rings. The van der Waals surface area contributed by atoms with Crippen LogP contribution in [0.25, 0.3) is 10.6 Å². The van der Waals surface area contributed by atoms with E-state index in [1.54, 1.807) is 18.3 Å². The molecule has 0 aliphatic carbocycles. The van der Waals surface area contributed by atoms with Gasteiger partial charge in [-0.15, -0.1) is 11.3 Å². The molecular weight excluding hydrogens is 241 g/mol. The molecule has 0 atom stereocenters. The number of halogens is 1. The number of carboxylic acid groups (broad SMARTS) is 1. The van der Waals surface area contributed by atoms with Gasteiger partial charge < -0.3 is 5.11 Å². The number of hydrogen-bond acceptors (Lipinski definition) is 3. The second-order valence-electron chi connectivity index (χ2n) is 3.53. The molecule has 2 rings (SSSR count). The largest absolute Gasteiger partial charge is 0.481 e. The molecule has 3 nitrogen and oxygen atoms in total. The predicted molar refractivity (Wildman–Crippen MR) is 63.5 cm³/mol. The first-order valence-corrected chi connectivity index (χ1v) is 5.89. The Morgan fingerprint density at radius 1 is 1.35 bits per heavy atom. The lowest BCUT2D eigenvalue weighted by molar-refractivity contribution is -0.136. The quantitative estimate of drug-likeness (QED) is 0.908. The van der Waals surface area contributed by atoms with Crippen LogP contribution in [0, 0.1) is 5.82 Å². The van der Waals surface area contributed by atoms with Gasteiger partial charge in [-0.2, -0.15) is 0 Å². The molecule has 0 amide bonds. The van der Waals surface area contributed by atoms with E-state index in [0.717, 1.165) is 15.4 Å². The summed E-state index contributed by atoms with van der Waals surface area (Å²) in [4.78, 5) is 15.5. The molecule has 1 N–H and O–H groups in total. The number of nitrogens with zero attached hydrogens (tertiary/aromatic N) is 1. The first-order chi connectivity index (χ1) is 8.15. The summed E-state index contributed by atoms with van der Waals surface area (Å²) < 4.78 is 12.7. The van der Waals surface area contributed by atoms with Crippen molar-refractivity contribution < 1.29 is 14.3 Å². The van der Waals surface area contributed by atoms with Crippen LogP contribution in [0.2, 0.25) is 0 Å². The minimum absolute atomic E-state index is 0.102. The van der Waals surface area contributed by atoms with E-state index in [9.17, 15) is 9.18 Å². The number of benzene rings is 1. The minimum atomic E-state index is -0.818. The van der Waals surface area contributed by atoms with Gasteiger partial charge in [-0.25, -0.2) is 9.37 Å². The third-order valence-corrected chi connectivity index (χ3v) is 3.34. The van der Waals surface area contributed by atoms with Crippen LogP contribution < -0.4 is 0 Å². The fraction of sp³-hybridized carbons (Fsp3) is 0.167. The number of hydrogen-bond donors (Lipinski definition) is 1. The van der Waals surface area contributed by atoms with E-state index in [1.165, 1.54) is 23.5 Å². The van der Waals surface area contributed by atoms with Crippen molar-refractivity contribution in [1.82, 2.24) is 4.98 Å². The van der Waals surface area contributed by atoms with Crippen molar-refractivity contribution in [3.8, 4) is 10.6 Å². The number of carbonyl (C=O) groups is 1. The molecular formula is C12H10FNO2S. The van der Waals surface area contributed by atoms with E-state index >= 15 is 0 Å². The van der Waals surface area contributed by atoms with Gasteiger partial charge in [0.05, 0.1) is 6.42 Å². The third kappa shape index (κ3) is 3.10. The highest BCUT2D eigenvalue weighted by atomic mass is 32.1. The maximum atomic E-state index is 12.7. The van der Waals surface area contributed by atoms with Gasteiger partial charge in [-0.05, 0) is 30.7 Å². The van der Waals surface area contributed by atoms with Crippen molar-refractivity contribution in [2.24, 2.45) is 0 Å². The molecule has 0 spiro atoms. The van der Waals surface area contributed by atoms with Crippen LogP contribution in [0.3, 0.4) is 0 Å². The molecule has 0 unspecified atom stereocenters. The summed E-state index contributed by atoms with van der Waals surface area (Å²) in [6, 6.07) is 6.09. The van der Waals surface area contributed by atoms with Gasteiger partial charge in [-0.1, -0.05) is 0 Å². The van der Waals surface area contributed by atoms with Crippen LogP contribution in [0.15, 0.2) is 30.5 Å². The number of aromatic nitrogens is 1. The van der Waals surface area contributed by atoms with Crippen molar-refractivity contribution >= 4 is 17.3 Å². The summed E-state index contributed by atoms with van der Waals surface area (Å²) >= 11 is 1.44. The summed E-state index contributed by atoms with van der Waals surface area (Å²) in [7, 11) is 0. The monoisotopic (exact) mass is 251 g/mol. The maximum absolute atomic E-state index is 12.7. The Morgan fingerprint density at radius 2 is 2.06 bits per heavy atom. The van der Waals surface area contributed by atoms with Gasteiger partial charge in [0, 0.05) is 16.6 Å². The van der Waals surface area contributed by atoms with E-state index < -0.39 is 5.97 Å². The zero-order chi connectivity index (χ0) is 12.3. The van der Waals surface area contributed by atoms with Crippen molar-refractivity contribution in [2.75, 3.05) is 0 Å². The molecule has 0 radical (unpaired) electrons. The van der Waals surface area contributed by atoms with Gasteiger partial charge in [0.15, 0.2) is 0 Å². The van der Waals surface area contributed by atoms with Crippen LogP contribution in [0.5, 0.6) is 0 Å². The molecule has 88 valence electrons. The van der Waals surface area contributed by atoms with Crippen molar-refractivity contribution in [3.05, 3.63) is 41.2 Å². The average Bonchev–Trinajstić information content (AvgIpc) is 2.76. The maximum Gasteiger partial charge on any atom is 0.303 e. The van der Waals surface area contributed by atoms with Gasteiger partial charge in [-0.3, -0.25) is 4.79 Å². The van der Waals surface area contributed by atoms with E-state index in [0.29, 0.717) is 6.42 Å². The van der Waals surface area contributed by atoms with Crippen molar-refractivity contribution in [3.63, 3.8) is 0 Å². The lowest BCUT2D eigenvalue weighted by Crippen LogP contribution is -1.95. The fourth-order valence-electron chi connectivity index (χ4n) is 1.38. The van der Waals surface area contributed by atoms with Gasteiger partial charge >= 0.3 is 5.97 Å². The minimum Gasteiger partial charge on any atom is -0.481 e. The molecule has 1 aromatic carbocycles. The van der Waals surface area contributed by atoms with E-state index in [4.69, 9.17) is 5.11 Å². The Balaban J connectivity index is 2.12. The Kier molecular flexibility index (Phi) is 3.49. The summed E-state index contributed by atoms with van der Waals surface area (Å²) in [5.74, 6) is -1.10. The second kappa shape index (κ2) is 5.05. The number of thiazole rings is 1. The van der Waals surface area contributed by atoms with Gasteiger partial charge in [0.25, 0.3) is 0 Å². The number of carboxylic acids is 1. The Labute approximate surface area is 102 Å². The predicted octanol–water partition coefficient (Wildman–Crippen LogP) is 2.97. The lowest BCUT2D eigenvalue weighted by atomic mass is 10.2. The molecule has 0 saturated carbocycles. The Morgan fingerprint density at radius 3 is 2.71 bits per heavy atom. The van der Waals surface area contributed by atoms with E-state index in [-0.39, 0.29) is 12.2 Å². The van der Waals surface area contributed by atoms with Crippen molar-refractivity contribution in [1.29, 1.82) is 0 Å². The number of aliphatic carboxylic acids is 1. The lowest BCUT2D eigenvalue weighted by Gasteiger charge is -1.95. The van der Waals surface area contributed by atoms with Crippen LogP contribution in [0.1, 0.15) is 11.3 Å². The summed E-state index contributed by atoms with van der Waals surface area (Å²) in [6.07, 6.45) is 2.26. The molecule has 0 bridgehead atoms. The second-order valence-corrected chi connectivity index (χ2v) is 4.65. The smallest absolute Gasteiger partial charge is 0.303 e. The fourth-order valence-corrected chi connectivity index (χ4v) is 2.30. The van der Waals surface area contributed by atoms with Crippen LogP contribution in [0.4, 0.5) is 4.39 Å². The Bertz CT molecular complexity index is 522. The van der Waals surface area contributed by atoms with Crippen LogP contribution >= 0.6 is 11.3 Å². The highest BCUT2D eigenvalue weighted by molar-refractivity contribution is 7.15. The highest BCUT2D eigenvalue weighted by Crippen LogP contribution is 2.25. The summed E-state index contributed by atoms with van der Waals surface area (Å²) in [6.45, 7) is 0. The van der Waals surface area contributed by atoms with Crippen molar-refractivity contribution in [2.45, 2.75) is 12.8 Å². The van der Waals surface area contributed by atoms with E-state index in [1.807, 2.05) is 0 Å². The zero-order valence-electron chi connectivity index (χ0n) is 8.89. The molecule has 1 aromatic heterocycles. The Hall–Kier alpha value is -1.75. The van der Waals surface area contributed by atoms with Crippen LogP contribution in [-0.2, 0) is 11.2 Å². The SMILES string of the molecule is O=C(O)CCc1cnc(-c2ccc(F)cc2)s1. The summed E-state index contributed by atoms with van der Waals surface area (Å²) in [5.41, 5.74) is 0.845. The van der Waals surface area contributed by atoms with Gasteiger partial charge in [0.2, 0.25) is 0 Å². The molecule has 5 heteroatoms. The van der Waals surface area contributed by atoms with Crippen LogP contribution in [-0.4, -0.2) is 16.1 Å². The van der Waals surface area contributed by atoms with E-state index in [2.05, 4.69) is 4.98 Å². The molecule has 2 aromatic rings. The first-order valence-electron chi connectivity index (χ1n) is 5.07. The summed E-state index contributed by atoms with van der Waals surface area (Å²) in [5, 5.41) is 9.35. The highest BCUT2D eigenvalue weighted by Gasteiger charge is 2.06. The average molecular weight is 251 g/mol. The molecule has 0 aliphatic heterocycles. The molecule has 1 heterocycles. The van der Waals surface area contributed by atoms with Gasteiger partial charge in [0.1, 0.15) is 10.8 Å². The number of aryl methyl sites for hydroxylation is 1. The zero-order valence-corrected chi connectivity index (χ0v) is 9.71. The number of rotatable bonds is 4. The topological polar surface area (TPSA) is 50.2 Å². The molecule has 0 aliphatic rings. The standard InChI is InChI=1S/C12H10FNO2S/c13-9-3-1-8(2-4-9)12-14-7-10(17-12)5-6-11(15)16/h1-4,7H,5-6H2,(H,15,16). The first kappa shape index (κ1) is 11.7. The normalized spacial score (nSPS) is 10.4. The third-order valence-electron chi connectivity index (χ3n) is 2.23. The molecule has 17 heavy (non-hydrogen) atoms.